The predicted molar refractivity (Wildman–Crippen MR) is 115 cm³/mol. The largest absolute Gasteiger partial charge is 0.309 e. The maximum Gasteiger partial charge on any atom is 0.0274 e. The number of hydrogen-bond donors (Lipinski definition) is 0. The topological polar surface area (TPSA) is 3.24 Å². The molecule has 2 rings (SSSR count). The molecule has 0 N–H and O–H groups in total. The fourth-order valence-electron chi connectivity index (χ4n) is 2.60. The molecule has 0 saturated heterocycles. The molecule has 0 bridgehead atoms. The molecule has 0 amide bonds. The molecule has 0 aliphatic heterocycles. The van der Waals surface area contributed by atoms with Crippen molar-refractivity contribution in [3.05, 3.63) is 70.8 Å². The van der Waals surface area contributed by atoms with Gasteiger partial charge in [0, 0.05) is 17.0 Å². The fourth-order valence-corrected chi connectivity index (χ4v) is 2.73. The lowest BCUT2D eigenvalue weighted by atomic mass is 10.0. The van der Waals surface area contributed by atoms with Crippen molar-refractivity contribution in [1.82, 2.24) is 4.90 Å². The van der Waals surface area contributed by atoms with Crippen LogP contribution in [0.15, 0.2) is 48.5 Å². The van der Waals surface area contributed by atoms with E-state index in [1.165, 1.54) is 11.1 Å². The molecule has 0 aliphatic carbocycles. The Bertz CT molecular complexity index is 734. The number of benzene rings is 2. The van der Waals surface area contributed by atoms with Gasteiger partial charge in [-0.2, -0.15) is 0 Å². The molecule has 0 aliphatic rings. The zero-order chi connectivity index (χ0) is 19.2. The summed E-state index contributed by atoms with van der Waals surface area (Å²) in [6.07, 6.45) is 14.9. The Morgan fingerprint density at radius 1 is 0.808 bits per heavy atom. The Kier molecular flexibility index (Phi) is 11.0. The van der Waals surface area contributed by atoms with Gasteiger partial charge in [-0.25, -0.2) is 0 Å². The quantitative estimate of drug-likeness (QED) is 0.493. The van der Waals surface area contributed by atoms with Gasteiger partial charge in [0.1, 0.15) is 0 Å². The van der Waals surface area contributed by atoms with Crippen LogP contribution >= 0.6 is 11.6 Å². The lowest BCUT2D eigenvalue weighted by molar-refractivity contribution is 0.400. The highest BCUT2D eigenvalue weighted by Crippen LogP contribution is 2.10. The minimum absolute atomic E-state index is 0.693. The average molecular weight is 366 g/mol. The summed E-state index contributed by atoms with van der Waals surface area (Å²) in [5, 5.41) is 0. The second-order valence-electron chi connectivity index (χ2n) is 6.30. The third kappa shape index (κ3) is 8.26. The summed E-state index contributed by atoms with van der Waals surface area (Å²) in [5.74, 6) is 6.07. The highest BCUT2D eigenvalue weighted by Gasteiger charge is 1.99. The molecule has 1 nitrogen and oxygen atoms in total. The van der Waals surface area contributed by atoms with Crippen molar-refractivity contribution < 1.29 is 0 Å². The van der Waals surface area contributed by atoms with Gasteiger partial charge in [0.25, 0.3) is 0 Å². The van der Waals surface area contributed by atoms with Crippen molar-refractivity contribution in [2.75, 3.05) is 26.5 Å². The predicted octanol–water partition coefficient (Wildman–Crippen LogP) is 5.00. The normalized spacial score (nSPS) is 9.77. The van der Waals surface area contributed by atoms with E-state index in [0.29, 0.717) is 5.88 Å². The van der Waals surface area contributed by atoms with Crippen LogP contribution in [0.1, 0.15) is 35.1 Å². The second kappa shape index (κ2) is 13.1. The number of terminal acetylenes is 2. The van der Waals surface area contributed by atoms with E-state index in [1.54, 1.807) is 0 Å². The molecule has 0 radical (unpaired) electrons. The van der Waals surface area contributed by atoms with Crippen molar-refractivity contribution in [1.29, 1.82) is 0 Å². The third-order valence-corrected chi connectivity index (χ3v) is 4.24. The number of hydrogen-bond acceptors (Lipinski definition) is 1. The minimum atomic E-state index is 0.693. The van der Waals surface area contributed by atoms with Gasteiger partial charge in [-0.1, -0.05) is 48.2 Å². The van der Waals surface area contributed by atoms with Crippen molar-refractivity contribution in [2.45, 2.75) is 25.7 Å². The van der Waals surface area contributed by atoms with Crippen LogP contribution in [0.3, 0.4) is 0 Å². The van der Waals surface area contributed by atoms with Gasteiger partial charge in [-0.3, -0.25) is 0 Å². The first kappa shape index (κ1) is 21.9. The molecule has 0 aromatic heterocycles. The van der Waals surface area contributed by atoms with Crippen molar-refractivity contribution in [2.24, 2.45) is 0 Å². The first-order chi connectivity index (χ1) is 12.6. The summed E-state index contributed by atoms with van der Waals surface area (Å²) < 4.78 is 0. The molecular weight excluding hydrogens is 338 g/mol. The molecule has 0 heterocycles. The zero-order valence-corrected chi connectivity index (χ0v) is 16.6. The monoisotopic (exact) mass is 365 g/mol. The molecule has 0 unspecified atom stereocenters. The maximum atomic E-state index is 5.60. The molecule has 0 saturated carbocycles. The second-order valence-corrected chi connectivity index (χ2v) is 6.68. The van der Waals surface area contributed by atoms with E-state index in [9.17, 15) is 0 Å². The van der Waals surface area contributed by atoms with Crippen LogP contribution in [0.5, 0.6) is 0 Å². The van der Waals surface area contributed by atoms with E-state index in [-0.39, 0.29) is 0 Å². The van der Waals surface area contributed by atoms with Crippen LogP contribution < -0.4 is 0 Å². The van der Waals surface area contributed by atoms with E-state index in [0.717, 1.165) is 43.4 Å². The Balaban J connectivity index is 0.000000263. The molecule has 26 heavy (non-hydrogen) atoms. The fraction of sp³-hybridized carbons (Fsp3) is 0.333. The Morgan fingerprint density at radius 3 is 1.69 bits per heavy atom. The molecule has 136 valence electrons. The highest BCUT2D eigenvalue weighted by molar-refractivity contribution is 6.17. The SMILES string of the molecule is C#Cc1ccccc1CCCCl.C#Cc1ccccc1CCCN(C)C. The highest BCUT2D eigenvalue weighted by atomic mass is 35.5. The Morgan fingerprint density at radius 2 is 1.27 bits per heavy atom. The lowest BCUT2D eigenvalue weighted by Gasteiger charge is -2.09. The summed E-state index contributed by atoms with van der Waals surface area (Å²) in [4.78, 5) is 2.19. The van der Waals surface area contributed by atoms with Crippen LogP contribution in [0.2, 0.25) is 0 Å². The number of aryl methyl sites for hydroxylation is 2. The standard InChI is InChI=1S/C13H17N.C11H11Cl/c1-4-12-8-5-6-9-13(12)10-7-11-14(2)3;1-2-10-6-3-4-7-11(10)8-5-9-12/h1,5-6,8-9H,7,10-11H2,2-3H3;1,3-4,6-7H,5,8-9H2. The van der Waals surface area contributed by atoms with Crippen molar-refractivity contribution >= 4 is 11.6 Å². The van der Waals surface area contributed by atoms with E-state index in [2.05, 4.69) is 43.0 Å². The average Bonchev–Trinajstić information content (AvgIpc) is 2.67. The molecule has 0 atom stereocenters. The third-order valence-electron chi connectivity index (χ3n) is 3.98. The number of nitrogens with zero attached hydrogens (tertiary/aromatic N) is 1. The Hall–Kier alpha value is -2.19. The number of alkyl halides is 1. The van der Waals surface area contributed by atoms with E-state index in [1.807, 2.05) is 36.4 Å². The first-order valence-corrected chi connectivity index (χ1v) is 9.45. The van der Waals surface area contributed by atoms with Crippen LogP contribution in [0, 0.1) is 24.7 Å². The number of rotatable bonds is 7. The van der Waals surface area contributed by atoms with E-state index >= 15 is 0 Å². The summed E-state index contributed by atoms with van der Waals surface area (Å²) >= 11 is 5.60. The first-order valence-electron chi connectivity index (χ1n) is 8.92. The summed E-state index contributed by atoms with van der Waals surface area (Å²) in [5.41, 5.74) is 4.53. The smallest absolute Gasteiger partial charge is 0.0274 e. The van der Waals surface area contributed by atoms with Crippen LogP contribution in [-0.2, 0) is 12.8 Å². The molecule has 0 spiro atoms. The molecule has 2 aromatic rings. The molecular formula is C24H28ClN. The molecule has 0 fully saturated rings. The van der Waals surface area contributed by atoms with Crippen LogP contribution in [-0.4, -0.2) is 31.4 Å². The lowest BCUT2D eigenvalue weighted by Crippen LogP contribution is -2.13. The zero-order valence-electron chi connectivity index (χ0n) is 15.8. The minimum Gasteiger partial charge on any atom is -0.309 e. The van der Waals surface area contributed by atoms with E-state index < -0.39 is 0 Å². The molecule has 2 heteroatoms. The van der Waals surface area contributed by atoms with Crippen LogP contribution in [0.25, 0.3) is 0 Å². The Labute approximate surface area is 164 Å². The van der Waals surface area contributed by atoms with Gasteiger partial charge in [0.15, 0.2) is 0 Å². The van der Waals surface area contributed by atoms with Gasteiger partial charge in [0.05, 0.1) is 0 Å². The van der Waals surface area contributed by atoms with E-state index in [4.69, 9.17) is 24.4 Å². The van der Waals surface area contributed by atoms with Crippen molar-refractivity contribution in [3.63, 3.8) is 0 Å². The van der Waals surface area contributed by atoms with Gasteiger partial charge in [-0.15, -0.1) is 24.4 Å². The van der Waals surface area contributed by atoms with Gasteiger partial charge in [-0.05, 0) is 69.6 Å². The summed E-state index contributed by atoms with van der Waals surface area (Å²) in [6, 6.07) is 16.1. The van der Waals surface area contributed by atoms with Gasteiger partial charge >= 0.3 is 0 Å². The summed E-state index contributed by atoms with van der Waals surface area (Å²) in [6.45, 7) is 1.11. The van der Waals surface area contributed by atoms with Gasteiger partial charge < -0.3 is 4.90 Å². The van der Waals surface area contributed by atoms with Crippen LogP contribution in [0.4, 0.5) is 0 Å². The number of halogens is 1. The van der Waals surface area contributed by atoms with Crippen molar-refractivity contribution in [3.8, 4) is 24.7 Å². The molecule has 2 aromatic carbocycles. The maximum absolute atomic E-state index is 5.60. The summed E-state index contributed by atoms with van der Waals surface area (Å²) in [7, 11) is 4.18. The van der Waals surface area contributed by atoms with Gasteiger partial charge in [0.2, 0.25) is 0 Å².